The minimum absolute atomic E-state index is 0.0528. The van der Waals surface area contributed by atoms with E-state index in [2.05, 4.69) is 0 Å². The van der Waals surface area contributed by atoms with Crippen LogP contribution < -0.4 is 15.2 Å². The molecule has 4 aromatic rings. The molecule has 1 spiro atoms. The second kappa shape index (κ2) is 13.0. The smallest absolute Gasteiger partial charge is 0.297 e. The zero-order chi connectivity index (χ0) is 35.4. The molecule has 10 nitrogen and oxygen atoms in total. The number of aromatic nitrogens is 1. The van der Waals surface area contributed by atoms with Gasteiger partial charge in [-0.25, -0.2) is 0 Å². The van der Waals surface area contributed by atoms with Gasteiger partial charge < -0.3 is 29.2 Å². The summed E-state index contributed by atoms with van der Waals surface area (Å²) in [7, 11) is -1.63. The molecule has 0 bridgehead atoms. The van der Waals surface area contributed by atoms with Crippen molar-refractivity contribution < 1.29 is 29.0 Å². The lowest BCUT2D eigenvalue weighted by atomic mass is 9.82. The Labute approximate surface area is 292 Å². The summed E-state index contributed by atoms with van der Waals surface area (Å²) in [4.78, 5) is 57.8. The summed E-state index contributed by atoms with van der Waals surface area (Å²) in [6.45, 7) is 6.08. The fourth-order valence-corrected chi connectivity index (χ4v) is 11.1. The number of pyridine rings is 1. The maximum atomic E-state index is 15.0. The van der Waals surface area contributed by atoms with Crippen LogP contribution in [0.2, 0.25) is 18.6 Å². The molecule has 50 heavy (non-hydrogen) atoms. The Morgan fingerprint density at radius 1 is 1.00 bits per heavy atom. The number of aliphatic hydroxyl groups excluding tert-OH is 1. The van der Waals surface area contributed by atoms with Crippen LogP contribution in [-0.2, 0) is 39.4 Å². The van der Waals surface area contributed by atoms with E-state index in [0.29, 0.717) is 36.4 Å². The Hall–Kier alpha value is -4.55. The molecule has 2 N–H and O–H groups in total. The number of aliphatic hydroxyl groups is 1. The molecule has 0 aliphatic carbocycles. The maximum Gasteiger partial charge on any atom is 0.297 e. The predicted molar refractivity (Wildman–Crippen MR) is 192 cm³/mol. The highest BCUT2D eigenvalue weighted by atomic mass is 28.4. The number of hydrogen-bond donors (Lipinski definition) is 2. The van der Waals surface area contributed by atoms with Gasteiger partial charge in [0.1, 0.15) is 0 Å². The Kier molecular flexibility index (Phi) is 8.80. The summed E-state index contributed by atoms with van der Waals surface area (Å²) in [5.41, 5.74) is 2.52. The van der Waals surface area contributed by atoms with Crippen molar-refractivity contribution in [3.8, 4) is 11.4 Å². The lowest BCUT2D eigenvalue weighted by molar-refractivity contribution is -0.151. The monoisotopic (exact) mass is 693 g/mol. The molecule has 3 aromatic carbocycles. The van der Waals surface area contributed by atoms with Crippen molar-refractivity contribution in [1.29, 1.82) is 0 Å². The number of fused-ring (bicyclic) bond motifs is 3. The van der Waals surface area contributed by atoms with Crippen molar-refractivity contribution in [3.05, 3.63) is 124 Å². The number of anilines is 1. The molecule has 7 rings (SSSR count). The summed E-state index contributed by atoms with van der Waals surface area (Å²) in [5.74, 6) is -0.785. The third-order valence-corrected chi connectivity index (χ3v) is 13.3. The summed E-state index contributed by atoms with van der Waals surface area (Å²) >= 11 is 0. The first-order valence-electron chi connectivity index (χ1n) is 17.1. The van der Waals surface area contributed by atoms with Crippen molar-refractivity contribution in [2.45, 2.75) is 69.2 Å². The van der Waals surface area contributed by atoms with Crippen LogP contribution in [0.1, 0.15) is 35.6 Å². The average molecular weight is 694 g/mol. The second-order valence-corrected chi connectivity index (χ2v) is 18.2. The number of carbonyl (C=O) groups excluding carboxylic acids is 2. The van der Waals surface area contributed by atoms with Crippen LogP contribution in [0, 0.1) is 5.92 Å². The van der Waals surface area contributed by atoms with Gasteiger partial charge in [0.05, 0.1) is 44.5 Å². The van der Waals surface area contributed by atoms with E-state index in [1.54, 1.807) is 34.2 Å². The highest BCUT2D eigenvalue weighted by molar-refractivity contribution is 6.71. The third-order valence-electron chi connectivity index (χ3n) is 10.8. The SMILES string of the molecule is COc1cccn(-c2ccc3c(c2)[C@]2(O[C@@H](CC(=O)N4Cc5ccccc5C[C@H]4CO)[C@H]([Si](C)(C)O)[C@H]2C)C(=O)N3Cc2ccccc2)c1=O. The highest BCUT2D eigenvalue weighted by Crippen LogP contribution is 2.60. The first-order chi connectivity index (χ1) is 24.0. The van der Waals surface area contributed by atoms with Crippen LogP contribution in [0.4, 0.5) is 5.69 Å². The van der Waals surface area contributed by atoms with Gasteiger partial charge in [-0.15, -0.1) is 0 Å². The normalized spacial score (nSPS) is 24.4. The average Bonchev–Trinajstić information content (AvgIpc) is 3.53. The van der Waals surface area contributed by atoms with Crippen LogP contribution in [0.15, 0.2) is 95.9 Å². The van der Waals surface area contributed by atoms with E-state index in [9.17, 15) is 24.3 Å². The fraction of sp³-hybridized carbons (Fsp3) is 0.359. The van der Waals surface area contributed by atoms with E-state index in [1.807, 2.05) is 86.7 Å². The first-order valence-corrected chi connectivity index (χ1v) is 20.1. The molecule has 3 aliphatic heterocycles. The lowest BCUT2D eigenvalue weighted by Crippen LogP contribution is -2.48. The number of hydrogen-bond acceptors (Lipinski definition) is 7. The predicted octanol–water partition coefficient (Wildman–Crippen LogP) is 4.53. The zero-order valence-electron chi connectivity index (χ0n) is 28.8. The van der Waals surface area contributed by atoms with Crippen LogP contribution in [0.5, 0.6) is 5.75 Å². The number of methoxy groups -OCH3 is 1. The molecule has 1 saturated heterocycles. The molecule has 1 fully saturated rings. The van der Waals surface area contributed by atoms with E-state index < -0.39 is 31.5 Å². The molecule has 2 amide bonds. The summed E-state index contributed by atoms with van der Waals surface area (Å²) in [5, 5.41) is 10.3. The van der Waals surface area contributed by atoms with Crippen molar-refractivity contribution in [2.24, 2.45) is 5.92 Å². The summed E-state index contributed by atoms with van der Waals surface area (Å²) in [6, 6.07) is 26.0. The molecule has 4 heterocycles. The van der Waals surface area contributed by atoms with E-state index in [-0.39, 0.29) is 42.2 Å². The Bertz CT molecular complexity index is 1990. The number of ether oxygens (including phenoxy) is 2. The highest BCUT2D eigenvalue weighted by Gasteiger charge is 2.66. The molecule has 1 aromatic heterocycles. The Morgan fingerprint density at radius 3 is 2.42 bits per heavy atom. The largest absolute Gasteiger partial charge is 0.491 e. The zero-order valence-corrected chi connectivity index (χ0v) is 29.8. The maximum absolute atomic E-state index is 15.0. The van der Waals surface area contributed by atoms with Crippen molar-refractivity contribution in [2.75, 3.05) is 18.6 Å². The van der Waals surface area contributed by atoms with Crippen LogP contribution in [0.25, 0.3) is 5.69 Å². The molecule has 11 heteroatoms. The fourth-order valence-electron chi connectivity index (χ4n) is 8.50. The topological polar surface area (TPSA) is 122 Å². The Balaban J connectivity index is 1.31. The van der Waals surface area contributed by atoms with Crippen LogP contribution >= 0.6 is 0 Å². The van der Waals surface area contributed by atoms with Gasteiger partial charge in [0.2, 0.25) is 5.91 Å². The van der Waals surface area contributed by atoms with Gasteiger partial charge in [0.25, 0.3) is 11.5 Å². The van der Waals surface area contributed by atoms with Gasteiger partial charge >= 0.3 is 0 Å². The summed E-state index contributed by atoms with van der Waals surface area (Å²) in [6.07, 6.45) is 1.38. The van der Waals surface area contributed by atoms with Crippen LogP contribution in [0.3, 0.4) is 0 Å². The first kappa shape index (κ1) is 33.9. The molecule has 3 aliphatic rings. The third kappa shape index (κ3) is 5.58. The van der Waals surface area contributed by atoms with Gasteiger partial charge in [-0.3, -0.25) is 19.0 Å². The molecule has 0 unspecified atom stereocenters. The van der Waals surface area contributed by atoms with E-state index in [4.69, 9.17) is 9.47 Å². The number of amides is 2. The van der Waals surface area contributed by atoms with Crippen molar-refractivity contribution >= 4 is 25.8 Å². The number of carbonyl (C=O) groups is 2. The number of benzene rings is 3. The van der Waals surface area contributed by atoms with E-state index in [1.165, 1.54) is 11.7 Å². The minimum atomic E-state index is -3.08. The molecule has 5 atom stereocenters. The second-order valence-electron chi connectivity index (χ2n) is 14.2. The van der Waals surface area contributed by atoms with Gasteiger partial charge in [0.15, 0.2) is 19.7 Å². The van der Waals surface area contributed by atoms with Gasteiger partial charge in [-0.05, 0) is 66.5 Å². The molecular formula is C39H43N3O7Si. The van der Waals surface area contributed by atoms with Crippen LogP contribution in [-0.4, -0.2) is 65.4 Å². The van der Waals surface area contributed by atoms with Gasteiger partial charge in [0, 0.05) is 35.5 Å². The molecule has 0 saturated carbocycles. The van der Waals surface area contributed by atoms with Crippen molar-refractivity contribution in [1.82, 2.24) is 9.47 Å². The standard InChI is InChI=1S/C39H43N3O7Si/c1-25-36(50(3,4)47)34(21-35(44)41-23-28-14-9-8-13-27(28)19-30(41)24-43)49-39(25)31-20-29(40-18-10-15-33(48-2)37(40)45)16-17-32(31)42(38(39)46)22-26-11-6-5-7-12-26/h5-18,20,25,30,34,36,43,47H,19,21-24H2,1-4H3/t25-,30+,34+,36-,39+/m1/s1. The number of rotatable bonds is 8. The number of nitrogens with zero attached hydrogens (tertiary/aromatic N) is 3. The van der Waals surface area contributed by atoms with E-state index >= 15 is 0 Å². The van der Waals surface area contributed by atoms with Crippen molar-refractivity contribution in [3.63, 3.8) is 0 Å². The summed E-state index contributed by atoms with van der Waals surface area (Å²) < 4.78 is 13.8. The quantitative estimate of drug-likeness (QED) is 0.260. The molecule has 0 radical (unpaired) electrons. The minimum Gasteiger partial charge on any atom is -0.491 e. The van der Waals surface area contributed by atoms with E-state index in [0.717, 1.165) is 16.7 Å². The molecule has 260 valence electrons. The lowest BCUT2D eigenvalue weighted by Gasteiger charge is -2.37. The van der Waals surface area contributed by atoms with Gasteiger partial charge in [-0.1, -0.05) is 61.5 Å². The molecular weight excluding hydrogens is 651 g/mol. The van der Waals surface area contributed by atoms with Gasteiger partial charge in [-0.2, -0.15) is 0 Å². The Morgan fingerprint density at radius 2 is 1.72 bits per heavy atom.